The van der Waals surface area contributed by atoms with E-state index in [9.17, 15) is 10.1 Å². The van der Waals surface area contributed by atoms with Crippen LogP contribution in [0.2, 0.25) is 0 Å². The topological polar surface area (TPSA) is 55.6 Å². The maximum atomic E-state index is 11.1. The molecule has 0 amide bonds. The van der Waals surface area contributed by atoms with Crippen molar-refractivity contribution in [3.8, 4) is 5.75 Å². The van der Waals surface area contributed by atoms with Gasteiger partial charge in [-0.3, -0.25) is 10.1 Å². The molecule has 94 valence electrons. The number of ether oxygens (including phenoxy) is 1. The molecule has 0 saturated heterocycles. The molecular weight excluding hydrogens is 232 g/mol. The van der Waals surface area contributed by atoms with E-state index in [-0.39, 0.29) is 11.4 Å². The Kier molecular flexibility index (Phi) is 2.20. The highest BCUT2D eigenvalue weighted by Crippen LogP contribution is 2.35. The highest BCUT2D eigenvalue weighted by atomic mass is 16.6. The van der Waals surface area contributed by atoms with Gasteiger partial charge >= 0.3 is 0 Å². The third-order valence-corrected chi connectivity index (χ3v) is 2.74. The van der Waals surface area contributed by atoms with Crippen LogP contribution in [0.15, 0.2) is 30.3 Å². The monoisotopic (exact) mass is 249 g/mol. The molecule has 0 radical (unpaired) electrons. The molecule has 0 unspecified atom stereocenters. The van der Waals surface area contributed by atoms with Gasteiger partial charge in [-0.15, -0.1) is 0 Å². The minimum Gasteiger partial charge on any atom is -0.496 e. The number of fused-ring (bicyclic) bond motifs is 1. The first-order chi connectivity index (χ1) is 9.69. The number of anilines is 1. The molecule has 0 heterocycles. The van der Waals surface area contributed by atoms with Crippen LogP contribution in [0, 0.1) is 10.1 Å². The second-order valence-electron chi connectivity index (χ2n) is 4.07. The van der Waals surface area contributed by atoms with Gasteiger partial charge in [0.2, 0.25) is 0 Å². The molecule has 0 bridgehead atoms. The molecule has 5 nitrogen and oxygen atoms in total. The van der Waals surface area contributed by atoms with Gasteiger partial charge in [-0.25, -0.2) is 0 Å². The van der Waals surface area contributed by atoms with Crippen molar-refractivity contribution >= 4 is 22.1 Å². The Balaban J connectivity index is 2.77. The van der Waals surface area contributed by atoms with Crippen molar-refractivity contribution in [2.24, 2.45) is 0 Å². The Morgan fingerprint density at radius 2 is 2.11 bits per heavy atom. The molecule has 0 aliphatic heterocycles. The fourth-order valence-corrected chi connectivity index (χ4v) is 1.82. The summed E-state index contributed by atoms with van der Waals surface area (Å²) in [6.45, 7) is 0. The molecule has 5 heteroatoms. The number of hydrogen-bond acceptors (Lipinski definition) is 4. The molecule has 18 heavy (non-hydrogen) atoms. The Morgan fingerprint density at radius 1 is 1.33 bits per heavy atom. The van der Waals surface area contributed by atoms with Gasteiger partial charge in [-0.2, -0.15) is 0 Å². The van der Waals surface area contributed by atoms with E-state index in [1.165, 1.54) is 12.1 Å². The van der Waals surface area contributed by atoms with E-state index >= 15 is 0 Å². The zero-order chi connectivity index (χ0) is 15.8. The Bertz CT molecular complexity index is 699. The number of hydrogen-bond donors (Lipinski definition) is 0. The quantitative estimate of drug-likeness (QED) is 0.620. The minimum absolute atomic E-state index is 0.0911. The number of methoxy groups -OCH3 is 1. The number of rotatable bonds is 3. The van der Waals surface area contributed by atoms with Crippen LogP contribution in [0.1, 0.15) is 4.11 Å². The normalized spacial score (nSPS) is 13.6. The molecule has 2 rings (SSSR count). The lowest BCUT2D eigenvalue weighted by Crippen LogP contribution is -2.08. The Labute approximate surface area is 109 Å². The van der Waals surface area contributed by atoms with Crippen molar-refractivity contribution in [1.82, 2.24) is 0 Å². The van der Waals surface area contributed by atoms with Crippen molar-refractivity contribution in [2.75, 3.05) is 26.0 Å². The molecule has 0 N–H and O–H groups in total. The molecule has 0 aliphatic rings. The molecule has 0 fully saturated rings. The van der Waals surface area contributed by atoms with Crippen molar-refractivity contribution < 1.29 is 13.8 Å². The molecule has 0 saturated carbocycles. The average Bonchev–Trinajstić information content (AvgIpc) is 2.35. The summed E-state index contributed by atoms with van der Waals surface area (Å²) in [5.41, 5.74) is 0.530. The lowest BCUT2D eigenvalue weighted by Gasteiger charge is -2.15. The third-order valence-electron chi connectivity index (χ3n) is 2.74. The largest absolute Gasteiger partial charge is 0.496 e. The molecule has 0 spiro atoms. The van der Waals surface area contributed by atoms with Crippen molar-refractivity contribution in [1.29, 1.82) is 0 Å². The molecule has 0 atom stereocenters. The van der Waals surface area contributed by atoms with Crippen molar-refractivity contribution in [3.63, 3.8) is 0 Å². The van der Waals surface area contributed by atoms with Gasteiger partial charge in [0.05, 0.1) is 21.5 Å². The van der Waals surface area contributed by atoms with Gasteiger partial charge in [-0.05, 0) is 6.07 Å². The van der Waals surface area contributed by atoms with Crippen LogP contribution in [0.25, 0.3) is 10.8 Å². The number of non-ortho nitro benzene ring substituents is 1. The van der Waals surface area contributed by atoms with Gasteiger partial charge in [0.15, 0.2) is 0 Å². The van der Waals surface area contributed by atoms with Crippen molar-refractivity contribution in [2.45, 2.75) is 0 Å². The van der Waals surface area contributed by atoms with Crippen LogP contribution in [0.3, 0.4) is 0 Å². The lowest BCUT2D eigenvalue weighted by molar-refractivity contribution is -0.383. The summed E-state index contributed by atoms with van der Waals surface area (Å²) in [6.07, 6.45) is 0. The zero-order valence-corrected chi connectivity index (χ0v) is 10.0. The first-order valence-corrected chi connectivity index (χ1v) is 5.26. The Hall–Kier alpha value is -2.30. The molecular formula is C13H14N2O3. The summed E-state index contributed by atoms with van der Waals surface area (Å²) in [7, 11) is 0.895. The smallest absolute Gasteiger partial charge is 0.277 e. The van der Waals surface area contributed by atoms with E-state index in [0.717, 1.165) is 0 Å². The second kappa shape index (κ2) is 4.52. The second-order valence-corrected chi connectivity index (χ2v) is 4.07. The van der Waals surface area contributed by atoms with Crippen LogP contribution in [-0.2, 0) is 0 Å². The maximum Gasteiger partial charge on any atom is 0.277 e. The molecule has 2 aromatic rings. The van der Waals surface area contributed by atoms with Gasteiger partial charge < -0.3 is 9.64 Å². The van der Waals surface area contributed by atoms with Gasteiger partial charge in [-0.1, -0.05) is 12.1 Å². The van der Waals surface area contributed by atoms with Gasteiger partial charge in [0.25, 0.3) is 5.69 Å². The van der Waals surface area contributed by atoms with E-state index < -0.39 is 12.0 Å². The van der Waals surface area contributed by atoms with Crippen LogP contribution in [-0.4, -0.2) is 26.1 Å². The number of nitro groups is 1. The number of nitro benzene ring substituents is 1. The SMILES string of the molecule is [2H]C([2H])([2H])Oc1cc(N(C)C)cc2c([N+](=O)[O-])cccc12. The summed E-state index contributed by atoms with van der Waals surface area (Å²) in [6, 6.07) is 7.67. The van der Waals surface area contributed by atoms with E-state index in [0.29, 0.717) is 16.5 Å². The average molecular weight is 249 g/mol. The fraction of sp³-hybridized carbons (Fsp3) is 0.231. The van der Waals surface area contributed by atoms with Crippen LogP contribution >= 0.6 is 0 Å². The summed E-state index contributed by atoms with van der Waals surface area (Å²) in [5, 5.41) is 11.9. The third kappa shape index (κ3) is 1.95. The zero-order valence-electron chi connectivity index (χ0n) is 13.0. The highest BCUT2D eigenvalue weighted by Gasteiger charge is 2.15. The molecule has 2 aromatic carbocycles. The van der Waals surface area contributed by atoms with Crippen molar-refractivity contribution in [3.05, 3.63) is 40.4 Å². The number of nitrogens with zero attached hydrogens (tertiary/aromatic N) is 2. The van der Waals surface area contributed by atoms with E-state index in [2.05, 4.69) is 0 Å². The highest BCUT2D eigenvalue weighted by molar-refractivity contribution is 5.97. The summed E-state index contributed by atoms with van der Waals surface area (Å²) in [4.78, 5) is 12.4. The maximum absolute atomic E-state index is 11.1. The first kappa shape index (κ1) is 8.74. The minimum atomic E-state index is -2.62. The molecule has 0 aliphatic carbocycles. The first-order valence-electron chi connectivity index (χ1n) is 6.76. The standard InChI is InChI=1S/C13H14N2O3/c1-14(2)9-7-11-10(13(8-9)18-3)5-4-6-12(11)15(16)17/h4-8H,1-3H3/i3D3. The van der Waals surface area contributed by atoms with E-state index in [1.807, 2.05) is 0 Å². The number of benzene rings is 2. The summed E-state index contributed by atoms with van der Waals surface area (Å²) < 4.78 is 26.7. The van der Waals surface area contributed by atoms with Crippen LogP contribution in [0.5, 0.6) is 5.75 Å². The summed E-state index contributed by atoms with van der Waals surface area (Å²) in [5.74, 6) is 0.0971. The summed E-state index contributed by atoms with van der Waals surface area (Å²) >= 11 is 0. The lowest BCUT2D eigenvalue weighted by atomic mass is 10.1. The fourth-order valence-electron chi connectivity index (χ4n) is 1.82. The predicted molar refractivity (Wildman–Crippen MR) is 71.5 cm³/mol. The van der Waals surface area contributed by atoms with E-state index in [1.54, 1.807) is 37.2 Å². The van der Waals surface area contributed by atoms with Gasteiger partial charge in [0.1, 0.15) is 5.75 Å². The van der Waals surface area contributed by atoms with Crippen LogP contribution < -0.4 is 9.64 Å². The Morgan fingerprint density at radius 3 is 2.72 bits per heavy atom. The van der Waals surface area contributed by atoms with Gasteiger partial charge in [0, 0.05) is 37.3 Å². The molecule has 0 aromatic heterocycles. The van der Waals surface area contributed by atoms with E-state index in [4.69, 9.17) is 8.85 Å². The predicted octanol–water partition coefficient (Wildman–Crippen LogP) is 2.82. The van der Waals surface area contributed by atoms with Crippen LogP contribution in [0.4, 0.5) is 11.4 Å².